The topological polar surface area (TPSA) is 26.3 Å². The van der Waals surface area contributed by atoms with E-state index in [0.29, 0.717) is 17.9 Å². The van der Waals surface area contributed by atoms with Crippen molar-refractivity contribution in [3.8, 4) is 5.75 Å². The maximum Gasteiger partial charge on any atom is 0.197 e. The first-order valence-electron chi connectivity index (χ1n) is 5.62. The van der Waals surface area contributed by atoms with Gasteiger partial charge < -0.3 is 4.74 Å². The molecule has 0 atom stereocenters. The molecular weight excluding hydrogens is 212 g/mol. The van der Waals surface area contributed by atoms with E-state index in [4.69, 9.17) is 4.74 Å². The van der Waals surface area contributed by atoms with E-state index in [1.807, 2.05) is 49.4 Å². The van der Waals surface area contributed by atoms with Gasteiger partial charge in [0, 0.05) is 11.1 Å². The molecule has 2 aromatic rings. The molecule has 0 N–H and O–H groups in total. The van der Waals surface area contributed by atoms with Crippen molar-refractivity contribution >= 4 is 5.78 Å². The fourth-order valence-electron chi connectivity index (χ4n) is 2.24. The number of rotatable bonds is 0. The number of fused-ring (bicyclic) bond motifs is 2. The Labute approximate surface area is 99.9 Å². The highest BCUT2D eigenvalue weighted by Gasteiger charge is 2.22. The zero-order valence-corrected chi connectivity index (χ0v) is 9.57. The molecule has 2 nitrogen and oxygen atoms in total. The van der Waals surface area contributed by atoms with Crippen LogP contribution in [-0.4, -0.2) is 5.78 Å². The fourth-order valence-corrected chi connectivity index (χ4v) is 2.24. The summed E-state index contributed by atoms with van der Waals surface area (Å²) in [4.78, 5) is 12.5. The summed E-state index contributed by atoms with van der Waals surface area (Å²) in [5, 5.41) is 0. The minimum atomic E-state index is 0.0613. The van der Waals surface area contributed by atoms with Gasteiger partial charge in [-0.1, -0.05) is 30.3 Å². The molecule has 2 aromatic carbocycles. The molecule has 17 heavy (non-hydrogen) atoms. The van der Waals surface area contributed by atoms with Crippen molar-refractivity contribution in [1.29, 1.82) is 0 Å². The van der Waals surface area contributed by atoms with E-state index in [-0.39, 0.29) is 5.78 Å². The number of ether oxygens (including phenoxy) is 1. The Morgan fingerprint density at radius 1 is 1.06 bits per heavy atom. The average molecular weight is 224 g/mol. The van der Waals surface area contributed by atoms with Crippen molar-refractivity contribution < 1.29 is 9.53 Å². The van der Waals surface area contributed by atoms with Crippen LogP contribution >= 0.6 is 0 Å². The molecule has 1 aliphatic heterocycles. The summed E-state index contributed by atoms with van der Waals surface area (Å²) in [7, 11) is 0. The number of aryl methyl sites for hydroxylation is 1. The average Bonchev–Trinajstić information content (AvgIpc) is 2.49. The van der Waals surface area contributed by atoms with E-state index < -0.39 is 0 Å². The first-order valence-corrected chi connectivity index (χ1v) is 5.62. The Balaban J connectivity index is 2.26. The van der Waals surface area contributed by atoms with Gasteiger partial charge in [-0.15, -0.1) is 0 Å². The summed E-state index contributed by atoms with van der Waals surface area (Å²) >= 11 is 0. The second-order valence-electron chi connectivity index (χ2n) is 4.22. The van der Waals surface area contributed by atoms with Crippen molar-refractivity contribution in [1.82, 2.24) is 0 Å². The SMILES string of the molecule is Cc1cccc2c1C(=O)c1ccccc1OC2. The molecule has 0 fully saturated rings. The van der Waals surface area contributed by atoms with Gasteiger partial charge in [-0.05, 0) is 24.6 Å². The van der Waals surface area contributed by atoms with E-state index in [0.717, 1.165) is 16.7 Å². The molecule has 0 saturated heterocycles. The number of hydrogen-bond acceptors (Lipinski definition) is 2. The van der Waals surface area contributed by atoms with Crippen LogP contribution in [-0.2, 0) is 6.61 Å². The summed E-state index contributed by atoms with van der Waals surface area (Å²) in [5.41, 5.74) is 3.41. The van der Waals surface area contributed by atoms with Crippen molar-refractivity contribution in [2.45, 2.75) is 13.5 Å². The van der Waals surface area contributed by atoms with Crippen LogP contribution < -0.4 is 4.74 Å². The molecule has 1 heterocycles. The number of hydrogen-bond donors (Lipinski definition) is 0. The standard InChI is InChI=1S/C15H12O2/c1-10-5-4-6-11-9-17-13-8-3-2-7-12(13)15(16)14(10)11/h2-8H,9H2,1H3. The van der Waals surface area contributed by atoms with Crippen LogP contribution in [0.4, 0.5) is 0 Å². The third-order valence-electron chi connectivity index (χ3n) is 3.10. The van der Waals surface area contributed by atoms with Gasteiger partial charge in [0.05, 0.1) is 5.56 Å². The molecular formula is C15H12O2. The minimum Gasteiger partial charge on any atom is -0.488 e. The second kappa shape index (κ2) is 3.74. The molecule has 0 amide bonds. The lowest BCUT2D eigenvalue weighted by atomic mass is 9.95. The predicted octanol–water partition coefficient (Wildman–Crippen LogP) is 3.12. The molecule has 2 heteroatoms. The zero-order chi connectivity index (χ0) is 11.8. The Kier molecular flexibility index (Phi) is 2.22. The lowest BCUT2D eigenvalue weighted by Gasteiger charge is -2.06. The van der Waals surface area contributed by atoms with Crippen LogP contribution in [0.5, 0.6) is 5.75 Å². The highest BCUT2D eigenvalue weighted by Crippen LogP contribution is 2.29. The molecule has 0 saturated carbocycles. The maximum atomic E-state index is 12.5. The van der Waals surface area contributed by atoms with Gasteiger partial charge in [0.1, 0.15) is 12.4 Å². The molecule has 0 aromatic heterocycles. The Bertz CT molecular complexity index is 600. The van der Waals surface area contributed by atoms with E-state index in [1.165, 1.54) is 0 Å². The Hall–Kier alpha value is -2.09. The van der Waals surface area contributed by atoms with Gasteiger partial charge in [0.2, 0.25) is 0 Å². The number of para-hydroxylation sites is 1. The summed E-state index contributed by atoms with van der Waals surface area (Å²) in [5.74, 6) is 0.735. The normalized spacial score (nSPS) is 13.4. The van der Waals surface area contributed by atoms with Crippen molar-refractivity contribution in [3.63, 3.8) is 0 Å². The van der Waals surface area contributed by atoms with E-state index >= 15 is 0 Å². The van der Waals surface area contributed by atoms with Gasteiger partial charge in [0.15, 0.2) is 5.78 Å². The van der Waals surface area contributed by atoms with E-state index in [1.54, 1.807) is 0 Å². The highest BCUT2D eigenvalue weighted by atomic mass is 16.5. The van der Waals surface area contributed by atoms with Crippen molar-refractivity contribution in [2.24, 2.45) is 0 Å². The first kappa shape index (κ1) is 10.1. The number of carbonyl (C=O) groups excluding carboxylic acids is 1. The molecule has 1 aliphatic rings. The van der Waals surface area contributed by atoms with Crippen LogP contribution in [0.2, 0.25) is 0 Å². The van der Waals surface area contributed by atoms with Gasteiger partial charge in [-0.25, -0.2) is 0 Å². The van der Waals surface area contributed by atoms with Gasteiger partial charge in [0.25, 0.3) is 0 Å². The van der Waals surface area contributed by atoms with E-state index in [2.05, 4.69) is 0 Å². The minimum absolute atomic E-state index is 0.0613. The molecule has 84 valence electrons. The fraction of sp³-hybridized carbons (Fsp3) is 0.133. The molecule has 0 unspecified atom stereocenters. The highest BCUT2D eigenvalue weighted by molar-refractivity contribution is 6.12. The smallest absolute Gasteiger partial charge is 0.197 e. The molecule has 0 spiro atoms. The lowest BCUT2D eigenvalue weighted by molar-refractivity contribution is 0.103. The van der Waals surface area contributed by atoms with Gasteiger partial charge >= 0.3 is 0 Å². The lowest BCUT2D eigenvalue weighted by Crippen LogP contribution is -2.05. The molecule has 0 bridgehead atoms. The third-order valence-corrected chi connectivity index (χ3v) is 3.10. The van der Waals surface area contributed by atoms with Crippen molar-refractivity contribution in [3.05, 3.63) is 64.7 Å². The summed E-state index contributed by atoms with van der Waals surface area (Å²) < 4.78 is 5.68. The van der Waals surface area contributed by atoms with Gasteiger partial charge in [-0.2, -0.15) is 0 Å². The quantitative estimate of drug-likeness (QED) is 0.687. The number of ketones is 1. The Morgan fingerprint density at radius 2 is 1.88 bits per heavy atom. The van der Waals surface area contributed by atoms with Crippen LogP contribution in [0, 0.1) is 6.92 Å². The van der Waals surface area contributed by atoms with Gasteiger partial charge in [-0.3, -0.25) is 4.79 Å². The zero-order valence-electron chi connectivity index (χ0n) is 9.57. The Morgan fingerprint density at radius 3 is 2.76 bits per heavy atom. The van der Waals surface area contributed by atoms with E-state index in [9.17, 15) is 4.79 Å². The first-order chi connectivity index (χ1) is 8.27. The predicted molar refractivity (Wildman–Crippen MR) is 65.4 cm³/mol. The second-order valence-corrected chi connectivity index (χ2v) is 4.22. The molecule has 0 radical (unpaired) electrons. The maximum absolute atomic E-state index is 12.5. The largest absolute Gasteiger partial charge is 0.488 e. The summed E-state index contributed by atoms with van der Waals surface area (Å²) in [6.45, 7) is 2.42. The van der Waals surface area contributed by atoms with Crippen LogP contribution in [0.1, 0.15) is 27.0 Å². The number of carbonyl (C=O) groups is 1. The molecule has 3 rings (SSSR count). The van der Waals surface area contributed by atoms with Crippen LogP contribution in [0.25, 0.3) is 0 Å². The number of benzene rings is 2. The monoisotopic (exact) mass is 224 g/mol. The summed E-state index contributed by atoms with van der Waals surface area (Å²) in [6.07, 6.45) is 0. The third kappa shape index (κ3) is 1.53. The van der Waals surface area contributed by atoms with Crippen molar-refractivity contribution in [2.75, 3.05) is 0 Å². The molecule has 0 aliphatic carbocycles. The van der Waals surface area contributed by atoms with Crippen LogP contribution in [0.15, 0.2) is 42.5 Å². The van der Waals surface area contributed by atoms with Crippen LogP contribution in [0.3, 0.4) is 0 Å². The summed E-state index contributed by atoms with van der Waals surface area (Å²) in [6, 6.07) is 13.3.